The van der Waals surface area contributed by atoms with Crippen molar-refractivity contribution in [3.05, 3.63) is 63.3 Å². The second-order valence-electron chi connectivity index (χ2n) is 7.51. The van der Waals surface area contributed by atoms with Crippen molar-refractivity contribution in [2.24, 2.45) is 0 Å². The normalized spacial score (nSPS) is 16.7. The number of rotatable bonds is 4. The van der Waals surface area contributed by atoms with E-state index in [-0.39, 0.29) is 11.3 Å². The van der Waals surface area contributed by atoms with E-state index in [0.29, 0.717) is 5.69 Å². The molecule has 0 spiro atoms. The number of nitrogens with zero attached hydrogens (tertiary/aromatic N) is 4. The molecule has 2 N–H and O–H groups in total. The first-order chi connectivity index (χ1) is 15.6. The average Bonchev–Trinajstić information content (AvgIpc) is 2.77. The van der Waals surface area contributed by atoms with Crippen molar-refractivity contribution in [3.63, 3.8) is 0 Å². The minimum atomic E-state index is -2.54. The summed E-state index contributed by atoms with van der Waals surface area (Å²) in [6.45, 7) is 5.24. The third kappa shape index (κ3) is 3.91. The molecular formula is C22H26N6O2. The molecule has 1 aliphatic rings. The van der Waals surface area contributed by atoms with Gasteiger partial charge in [-0.05, 0) is 43.2 Å². The molecule has 0 bridgehead atoms. The van der Waals surface area contributed by atoms with Gasteiger partial charge in [0, 0.05) is 43.8 Å². The molecule has 0 saturated carbocycles. The Labute approximate surface area is 179 Å². The fourth-order valence-electron chi connectivity index (χ4n) is 3.77. The number of amides is 1. The summed E-state index contributed by atoms with van der Waals surface area (Å²) < 4.78 is 21.4. The molecular weight excluding hydrogens is 380 g/mol. The molecule has 3 aromatic rings. The Morgan fingerprint density at radius 2 is 2.00 bits per heavy atom. The van der Waals surface area contributed by atoms with Crippen LogP contribution < -0.4 is 15.8 Å². The SMILES string of the molecule is [2H]C([2H])([2H])NC(=O)c1ccc(N2CCN(Cc3ccc4nc(C)c(=O)[nH]c4c3C)CC2)cn1. The number of aromatic nitrogens is 3. The summed E-state index contributed by atoms with van der Waals surface area (Å²) in [6.07, 6.45) is 1.60. The number of hydrogen-bond acceptors (Lipinski definition) is 6. The van der Waals surface area contributed by atoms with Crippen LogP contribution in [0.1, 0.15) is 31.4 Å². The van der Waals surface area contributed by atoms with Gasteiger partial charge in [-0.25, -0.2) is 9.97 Å². The van der Waals surface area contributed by atoms with Gasteiger partial charge in [0.2, 0.25) is 0 Å². The van der Waals surface area contributed by atoms with Crippen LogP contribution in [0.4, 0.5) is 5.69 Å². The first-order valence-electron chi connectivity index (χ1n) is 11.4. The second-order valence-corrected chi connectivity index (χ2v) is 7.51. The maximum atomic E-state index is 12.0. The van der Waals surface area contributed by atoms with E-state index in [4.69, 9.17) is 4.11 Å². The van der Waals surface area contributed by atoms with E-state index in [9.17, 15) is 9.59 Å². The predicted molar refractivity (Wildman–Crippen MR) is 117 cm³/mol. The average molecular weight is 410 g/mol. The molecule has 0 aliphatic carbocycles. The van der Waals surface area contributed by atoms with Gasteiger partial charge in [0.25, 0.3) is 11.5 Å². The topological polar surface area (TPSA) is 94.2 Å². The molecule has 0 radical (unpaired) electrons. The molecule has 1 aromatic carbocycles. The lowest BCUT2D eigenvalue weighted by atomic mass is 10.1. The zero-order chi connectivity index (χ0) is 23.8. The summed E-state index contributed by atoms with van der Waals surface area (Å²) in [5, 5.41) is 1.94. The van der Waals surface area contributed by atoms with Gasteiger partial charge in [-0.1, -0.05) is 6.07 Å². The van der Waals surface area contributed by atoms with E-state index in [1.807, 2.05) is 18.3 Å². The number of benzene rings is 1. The minimum absolute atomic E-state index is 0.0722. The van der Waals surface area contributed by atoms with Crippen molar-refractivity contribution >= 4 is 22.6 Å². The number of hydrogen-bond donors (Lipinski definition) is 2. The molecule has 3 heterocycles. The molecule has 156 valence electrons. The number of carbonyl (C=O) groups is 1. The number of aryl methyl sites for hydroxylation is 2. The van der Waals surface area contributed by atoms with Crippen molar-refractivity contribution in [2.45, 2.75) is 20.4 Å². The van der Waals surface area contributed by atoms with Crippen LogP contribution in [-0.2, 0) is 6.54 Å². The molecule has 1 fully saturated rings. The Hall–Kier alpha value is -3.26. The van der Waals surface area contributed by atoms with Gasteiger partial charge in [0.15, 0.2) is 0 Å². The van der Waals surface area contributed by atoms with Gasteiger partial charge >= 0.3 is 0 Å². The number of carbonyl (C=O) groups excluding carboxylic acids is 1. The number of piperazine rings is 1. The first-order valence-corrected chi connectivity index (χ1v) is 9.86. The van der Waals surface area contributed by atoms with Crippen molar-refractivity contribution in [2.75, 3.05) is 38.1 Å². The maximum absolute atomic E-state index is 12.0. The Morgan fingerprint density at radius 3 is 2.70 bits per heavy atom. The number of fused-ring (bicyclic) bond motifs is 1. The number of H-pyrrole nitrogens is 1. The van der Waals surface area contributed by atoms with E-state index < -0.39 is 12.9 Å². The van der Waals surface area contributed by atoms with Crippen molar-refractivity contribution in [3.8, 4) is 0 Å². The molecule has 8 heteroatoms. The van der Waals surface area contributed by atoms with Crippen LogP contribution in [0, 0.1) is 13.8 Å². The third-order valence-electron chi connectivity index (χ3n) is 5.64. The Morgan fingerprint density at radius 1 is 1.20 bits per heavy atom. The quantitative estimate of drug-likeness (QED) is 0.680. The van der Waals surface area contributed by atoms with E-state index in [1.54, 1.807) is 19.2 Å². The van der Waals surface area contributed by atoms with E-state index in [0.717, 1.165) is 60.6 Å². The monoisotopic (exact) mass is 409 g/mol. The molecule has 8 nitrogen and oxygen atoms in total. The van der Waals surface area contributed by atoms with Crippen LogP contribution in [-0.4, -0.2) is 58.9 Å². The first kappa shape index (κ1) is 16.5. The van der Waals surface area contributed by atoms with Crippen LogP contribution in [0.25, 0.3) is 11.0 Å². The summed E-state index contributed by atoms with van der Waals surface area (Å²) in [7, 11) is 0. The number of nitrogens with one attached hydrogen (secondary N) is 2. The van der Waals surface area contributed by atoms with Crippen molar-refractivity contribution < 1.29 is 8.91 Å². The van der Waals surface area contributed by atoms with Crippen LogP contribution >= 0.6 is 0 Å². The van der Waals surface area contributed by atoms with Crippen LogP contribution in [0.3, 0.4) is 0 Å². The van der Waals surface area contributed by atoms with Gasteiger partial charge in [-0.15, -0.1) is 0 Å². The van der Waals surface area contributed by atoms with Crippen LogP contribution in [0.2, 0.25) is 0 Å². The van der Waals surface area contributed by atoms with Gasteiger partial charge in [-0.3, -0.25) is 14.5 Å². The summed E-state index contributed by atoms with van der Waals surface area (Å²) in [5.41, 5.74) is 5.04. The Balaban J connectivity index is 1.38. The molecule has 1 amide bonds. The highest BCUT2D eigenvalue weighted by molar-refractivity contribution is 5.92. The Kier molecular flexibility index (Phi) is 4.54. The van der Waals surface area contributed by atoms with Crippen LogP contribution in [0.15, 0.2) is 35.3 Å². The minimum Gasteiger partial charge on any atom is -0.368 e. The van der Waals surface area contributed by atoms with E-state index in [2.05, 4.69) is 30.8 Å². The van der Waals surface area contributed by atoms with Crippen LogP contribution in [0.5, 0.6) is 0 Å². The summed E-state index contributed by atoms with van der Waals surface area (Å²) in [5.74, 6) is -0.719. The predicted octanol–water partition coefficient (Wildman–Crippen LogP) is 1.62. The van der Waals surface area contributed by atoms with Crippen molar-refractivity contribution in [1.29, 1.82) is 0 Å². The highest BCUT2D eigenvalue weighted by Crippen LogP contribution is 2.21. The number of anilines is 1. The largest absolute Gasteiger partial charge is 0.368 e. The summed E-state index contributed by atoms with van der Waals surface area (Å²) in [4.78, 5) is 39.9. The molecule has 4 rings (SSSR count). The third-order valence-corrected chi connectivity index (χ3v) is 5.64. The number of pyridine rings is 1. The highest BCUT2D eigenvalue weighted by atomic mass is 16.1. The highest BCUT2D eigenvalue weighted by Gasteiger charge is 2.19. The lowest BCUT2D eigenvalue weighted by Crippen LogP contribution is -2.46. The summed E-state index contributed by atoms with van der Waals surface area (Å²) >= 11 is 0. The number of aromatic amines is 1. The van der Waals surface area contributed by atoms with E-state index in [1.165, 1.54) is 6.07 Å². The summed E-state index contributed by atoms with van der Waals surface area (Å²) in [6, 6.07) is 7.35. The zero-order valence-electron chi connectivity index (χ0n) is 20.0. The smallest absolute Gasteiger partial charge is 0.269 e. The van der Waals surface area contributed by atoms with Crippen molar-refractivity contribution in [1.82, 2.24) is 25.2 Å². The lowest BCUT2D eigenvalue weighted by Gasteiger charge is -2.36. The van der Waals surface area contributed by atoms with Gasteiger partial charge < -0.3 is 15.2 Å². The van der Waals surface area contributed by atoms with E-state index >= 15 is 0 Å². The van der Waals surface area contributed by atoms with Gasteiger partial charge in [0.1, 0.15) is 11.4 Å². The van der Waals surface area contributed by atoms with Gasteiger partial charge in [0.05, 0.1) is 22.9 Å². The lowest BCUT2D eigenvalue weighted by molar-refractivity contribution is 0.0958. The fourth-order valence-corrected chi connectivity index (χ4v) is 3.77. The molecule has 1 saturated heterocycles. The second kappa shape index (κ2) is 8.23. The fraction of sp³-hybridized carbons (Fsp3) is 0.364. The molecule has 0 atom stereocenters. The Bertz CT molecular complexity index is 1230. The molecule has 1 aliphatic heterocycles. The standard InChI is InChI=1S/C22H26N6O2/c1-14-16(4-6-18-20(14)26-21(29)15(2)25-18)13-27-8-10-28(11-9-27)17-5-7-19(24-12-17)22(30)23-3/h4-7,12H,8-11,13H2,1-3H3,(H,23,30)(H,26,29)/i3D3. The molecule has 30 heavy (non-hydrogen) atoms. The maximum Gasteiger partial charge on any atom is 0.269 e. The zero-order valence-corrected chi connectivity index (χ0v) is 17.0. The molecule has 2 aromatic heterocycles. The van der Waals surface area contributed by atoms with Gasteiger partial charge in [-0.2, -0.15) is 0 Å². The molecule has 0 unspecified atom stereocenters.